The standard InChI is InChI=1S/C24H26N2O2S/c1-18(22-9-6-10-23(15-22)25-19(2)27)26(16-20-7-4-3-5-8-20)24(28)12-11-21-13-14-29-17-21/h3-10,13-15,17-18H,11-12,16H2,1-2H3,(H,25,27). The number of nitrogens with one attached hydrogen (secondary N) is 1. The molecule has 0 aliphatic heterocycles. The Labute approximate surface area is 176 Å². The molecule has 0 saturated heterocycles. The van der Waals surface area contributed by atoms with Crippen LogP contribution in [0.2, 0.25) is 0 Å². The van der Waals surface area contributed by atoms with E-state index in [1.54, 1.807) is 11.3 Å². The van der Waals surface area contributed by atoms with E-state index in [1.807, 2.05) is 71.8 Å². The summed E-state index contributed by atoms with van der Waals surface area (Å²) in [5.74, 6) is 0.0141. The molecule has 0 spiro atoms. The van der Waals surface area contributed by atoms with E-state index in [9.17, 15) is 9.59 Å². The van der Waals surface area contributed by atoms with E-state index in [0.29, 0.717) is 13.0 Å². The predicted molar refractivity (Wildman–Crippen MR) is 119 cm³/mol. The topological polar surface area (TPSA) is 49.4 Å². The van der Waals surface area contributed by atoms with Gasteiger partial charge < -0.3 is 10.2 Å². The highest BCUT2D eigenvalue weighted by Crippen LogP contribution is 2.26. The fourth-order valence-electron chi connectivity index (χ4n) is 3.31. The first-order valence-corrected chi connectivity index (χ1v) is 10.7. The Morgan fingerprint density at radius 3 is 2.52 bits per heavy atom. The van der Waals surface area contributed by atoms with Gasteiger partial charge in [0.25, 0.3) is 0 Å². The van der Waals surface area contributed by atoms with Crippen LogP contribution in [0.15, 0.2) is 71.4 Å². The molecular formula is C24H26N2O2S. The third-order valence-corrected chi connectivity index (χ3v) is 5.61. The molecule has 1 heterocycles. The summed E-state index contributed by atoms with van der Waals surface area (Å²) < 4.78 is 0. The molecule has 1 unspecified atom stereocenters. The SMILES string of the molecule is CC(=O)Nc1cccc(C(C)N(Cc2ccccc2)C(=O)CCc2ccsc2)c1. The normalized spacial score (nSPS) is 11.7. The van der Waals surface area contributed by atoms with Crippen LogP contribution in [0, 0.1) is 0 Å². The predicted octanol–water partition coefficient (Wildman–Crippen LogP) is 5.43. The van der Waals surface area contributed by atoms with E-state index in [1.165, 1.54) is 12.5 Å². The number of hydrogen-bond acceptors (Lipinski definition) is 3. The molecule has 2 amide bonds. The number of carbonyl (C=O) groups excluding carboxylic acids is 2. The van der Waals surface area contributed by atoms with E-state index in [4.69, 9.17) is 0 Å². The summed E-state index contributed by atoms with van der Waals surface area (Å²) in [6.07, 6.45) is 1.21. The van der Waals surface area contributed by atoms with Crippen LogP contribution in [0.4, 0.5) is 5.69 Å². The van der Waals surface area contributed by atoms with Crippen LogP contribution in [0.3, 0.4) is 0 Å². The van der Waals surface area contributed by atoms with Gasteiger partial charge in [0.05, 0.1) is 6.04 Å². The van der Waals surface area contributed by atoms with Gasteiger partial charge in [-0.25, -0.2) is 0 Å². The number of nitrogens with zero attached hydrogens (tertiary/aromatic N) is 1. The van der Waals surface area contributed by atoms with E-state index in [2.05, 4.69) is 16.8 Å². The minimum Gasteiger partial charge on any atom is -0.332 e. The Kier molecular flexibility index (Phi) is 7.19. The van der Waals surface area contributed by atoms with E-state index in [-0.39, 0.29) is 17.9 Å². The third-order valence-electron chi connectivity index (χ3n) is 4.88. The first-order valence-electron chi connectivity index (χ1n) is 9.75. The number of rotatable bonds is 8. The first kappa shape index (κ1) is 20.8. The summed E-state index contributed by atoms with van der Waals surface area (Å²) in [5.41, 5.74) is 4.04. The molecule has 0 aliphatic carbocycles. The van der Waals surface area contributed by atoms with Gasteiger partial charge >= 0.3 is 0 Å². The highest BCUT2D eigenvalue weighted by atomic mass is 32.1. The molecule has 2 aromatic carbocycles. The van der Waals surface area contributed by atoms with Crippen molar-refractivity contribution in [1.82, 2.24) is 4.90 Å². The second-order valence-electron chi connectivity index (χ2n) is 7.12. The summed E-state index contributed by atoms with van der Waals surface area (Å²) in [6, 6.07) is 19.7. The van der Waals surface area contributed by atoms with Gasteiger partial charge in [0.1, 0.15) is 0 Å². The fraction of sp³-hybridized carbons (Fsp3) is 0.250. The summed E-state index contributed by atoms with van der Waals surface area (Å²) in [4.78, 5) is 26.5. The molecule has 0 bridgehead atoms. The van der Waals surface area contributed by atoms with Crippen LogP contribution in [0.1, 0.15) is 43.0 Å². The molecule has 0 radical (unpaired) electrons. The number of amides is 2. The smallest absolute Gasteiger partial charge is 0.223 e. The molecule has 3 rings (SSSR count). The molecule has 4 nitrogen and oxygen atoms in total. The second-order valence-corrected chi connectivity index (χ2v) is 7.90. The highest BCUT2D eigenvalue weighted by Gasteiger charge is 2.22. The Balaban J connectivity index is 1.81. The quantitative estimate of drug-likeness (QED) is 0.542. The lowest BCUT2D eigenvalue weighted by Gasteiger charge is -2.30. The number of hydrogen-bond donors (Lipinski definition) is 1. The van der Waals surface area contributed by atoms with Crippen molar-refractivity contribution in [2.24, 2.45) is 0 Å². The van der Waals surface area contributed by atoms with Crippen molar-refractivity contribution in [1.29, 1.82) is 0 Å². The zero-order valence-corrected chi connectivity index (χ0v) is 17.6. The zero-order chi connectivity index (χ0) is 20.6. The van der Waals surface area contributed by atoms with Gasteiger partial charge in [-0.05, 0) is 59.0 Å². The average Bonchev–Trinajstić information content (AvgIpc) is 3.24. The monoisotopic (exact) mass is 406 g/mol. The minimum atomic E-state index is -0.112. The van der Waals surface area contributed by atoms with E-state index in [0.717, 1.165) is 23.2 Å². The average molecular weight is 407 g/mol. The van der Waals surface area contributed by atoms with Crippen molar-refractivity contribution in [2.45, 2.75) is 39.3 Å². The van der Waals surface area contributed by atoms with Crippen molar-refractivity contribution in [3.8, 4) is 0 Å². The minimum absolute atomic E-state index is 0.109. The van der Waals surface area contributed by atoms with Crippen LogP contribution in [-0.4, -0.2) is 16.7 Å². The Bertz CT molecular complexity index is 939. The number of aryl methyl sites for hydroxylation is 1. The number of anilines is 1. The Hall–Kier alpha value is -2.92. The maximum atomic E-state index is 13.2. The first-order chi connectivity index (χ1) is 14.0. The summed E-state index contributed by atoms with van der Waals surface area (Å²) >= 11 is 1.65. The van der Waals surface area contributed by atoms with Gasteiger partial charge in [0, 0.05) is 25.6 Å². The molecular weight excluding hydrogens is 380 g/mol. The summed E-state index contributed by atoms with van der Waals surface area (Å²) in [5, 5.41) is 6.95. The second kappa shape index (κ2) is 10.0. The molecule has 0 aliphatic rings. The molecule has 0 fully saturated rings. The fourth-order valence-corrected chi connectivity index (χ4v) is 4.01. The van der Waals surface area contributed by atoms with Crippen LogP contribution in [0.5, 0.6) is 0 Å². The van der Waals surface area contributed by atoms with Crippen LogP contribution >= 0.6 is 11.3 Å². The van der Waals surface area contributed by atoms with Crippen LogP contribution < -0.4 is 5.32 Å². The molecule has 150 valence electrons. The van der Waals surface area contributed by atoms with E-state index < -0.39 is 0 Å². The van der Waals surface area contributed by atoms with E-state index >= 15 is 0 Å². The summed E-state index contributed by atoms with van der Waals surface area (Å²) in [6.45, 7) is 4.08. The third kappa shape index (κ3) is 6.03. The van der Waals surface area contributed by atoms with Gasteiger partial charge in [-0.3, -0.25) is 9.59 Å². The molecule has 3 aromatic rings. The zero-order valence-electron chi connectivity index (χ0n) is 16.8. The van der Waals surface area contributed by atoms with Gasteiger partial charge in [0.2, 0.25) is 11.8 Å². The Morgan fingerprint density at radius 2 is 1.83 bits per heavy atom. The highest BCUT2D eigenvalue weighted by molar-refractivity contribution is 7.07. The Morgan fingerprint density at radius 1 is 1.03 bits per heavy atom. The van der Waals surface area contributed by atoms with Crippen molar-refractivity contribution >= 4 is 28.8 Å². The van der Waals surface area contributed by atoms with Gasteiger partial charge in [-0.15, -0.1) is 0 Å². The van der Waals surface area contributed by atoms with Crippen molar-refractivity contribution in [3.05, 3.63) is 88.1 Å². The number of carbonyl (C=O) groups is 2. The molecule has 1 aromatic heterocycles. The van der Waals surface area contributed by atoms with Crippen LogP contribution in [0.25, 0.3) is 0 Å². The number of benzene rings is 2. The lowest BCUT2D eigenvalue weighted by atomic mass is 10.0. The van der Waals surface area contributed by atoms with Gasteiger partial charge in [-0.1, -0.05) is 42.5 Å². The molecule has 5 heteroatoms. The lowest BCUT2D eigenvalue weighted by Crippen LogP contribution is -2.33. The van der Waals surface area contributed by atoms with Crippen molar-refractivity contribution in [3.63, 3.8) is 0 Å². The van der Waals surface area contributed by atoms with Crippen LogP contribution in [-0.2, 0) is 22.6 Å². The number of thiophene rings is 1. The summed E-state index contributed by atoms with van der Waals surface area (Å²) in [7, 11) is 0. The molecule has 0 saturated carbocycles. The molecule has 1 atom stereocenters. The maximum Gasteiger partial charge on any atom is 0.223 e. The largest absolute Gasteiger partial charge is 0.332 e. The van der Waals surface area contributed by atoms with Gasteiger partial charge in [0.15, 0.2) is 0 Å². The molecule has 1 N–H and O–H groups in total. The van der Waals surface area contributed by atoms with Crippen molar-refractivity contribution in [2.75, 3.05) is 5.32 Å². The van der Waals surface area contributed by atoms with Gasteiger partial charge in [-0.2, -0.15) is 11.3 Å². The lowest BCUT2D eigenvalue weighted by molar-refractivity contribution is -0.134. The molecule has 29 heavy (non-hydrogen) atoms. The maximum absolute atomic E-state index is 13.2. The van der Waals surface area contributed by atoms with Crippen molar-refractivity contribution < 1.29 is 9.59 Å².